The van der Waals surface area contributed by atoms with Crippen LogP contribution in [0.25, 0.3) is 6.08 Å². The van der Waals surface area contributed by atoms with Gasteiger partial charge in [0.05, 0.1) is 7.11 Å². The highest BCUT2D eigenvalue weighted by molar-refractivity contribution is 6.09. The molecule has 2 rings (SSSR count). The maximum atomic E-state index is 12.3. The Morgan fingerprint density at radius 1 is 1.06 bits per heavy atom. The zero-order valence-corrected chi connectivity index (χ0v) is 17.8. The van der Waals surface area contributed by atoms with E-state index < -0.39 is 30.0 Å². The lowest BCUT2D eigenvalue weighted by Crippen LogP contribution is -2.34. The summed E-state index contributed by atoms with van der Waals surface area (Å²) in [7, 11) is 1.43. The van der Waals surface area contributed by atoms with Crippen molar-refractivity contribution in [2.45, 2.75) is 12.3 Å². The number of carbonyl (C=O) groups is 3. The van der Waals surface area contributed by atoms with Gasteiger partial charge in [-0.1, -0.05) is 30.3 Å². The number of nitrogens with two attached hydrogens (primary N) is 1. The Morgan fingerprint density at radius 3 is 2.21 bits per heavy atom. The van der Waals surface area contributed by atoms with Gasteiger partial charge < -0.3 is 30.2 Å². The zero-order valence-electron chi connectivity index (χ0n) is 17.8. The van der Waals surface area contributed by atoms with Crippen LogP contribution in [0.5, 0.6) is 17.2 Å². The van der Waals surface area contributed by atoms with Crippen LogP contribution in [0, 0.1) is 0 Å². The smallest absolute Gasteiger partial charge is 0.490 e. The first kappa shape index (κ1) is 28.0. The Morgan fingerprint density at radius 2 is 1.68 bits per heavy atom. The summed E-state index contributed by atoms with van der Waals surface area (Å²) >= 11 is 0. The lowest BCUT2D eigenvalue weighted by molar-refractivity contribution is -0.192. The minimum Gasteiger partial charge on any atom is -0.493 e. The molecule has 0 heterocycles. The Bertz CT molecular complexity index is 1010. The molecule has 0 bridgehead atoms. The molecule has 0 saturated heterocycles. The average molecular weight is 485 g/mol. The quantitative estimate of drug-likeness (QED) is 0.342. The number of halogens is 3. The normalized spacial score (nSPS) is 11.7. The van der Waals surface area contributed by atoms with Crippen LogP contribution >= 0.6 is 0 Å². The minimum atomic E-state index is -5.08. The maximum Gasteiger partial charge on any atom is 0.490 e. The van der Waals surface area contributed by atoms with Crippen LogP contribution in [0.3, 0.4) is 0 Å². The topological polar surface area (TPSA) is 145 Å². The van der Waals surface area contributed by atoms with Crippen LogP contribution in [0.15, 0.2) is 54.6 Å². The molecule has 0 amide bonds. The summed E-state index contributed by atoms with van der Waals surface area (Å²) in [4.78, 5) is 32.7. The van der Waals surface area contributed by atoms with Gasteiger partial charge in [0.2, 0.25) is 5.78 Å². The second-order valence-corrected chi connectivity index (χ2v) is 6.24. The van der Waals surface area contributed by atoms with Crippen molar-refractivity contribution < 1.29 is 52.0 Å². The van der Waals surface area contributed by atoms with E-state index in [4.69, 9.17) is 29.8 Å². The van der Waals surface area contributed by atoms with E-state index in [1.807, 2.05) is 0 Å². The number of carbonyl (C=O) groups excluding carboxylic acids is 1. The lowest BCUT2D eigenvalue weighted by atomic mass is 10.1. The van der Waals surface area contributed by atoms with Crippen molar-refractivity contribution in [2.75, 3.05) is 20.3 Å². The molecule has 2 aromatic rings. The number of carboxylic acids is 2. The first-order valence-corrected chi connectivity index (χ1v) is 9.47. The second kappa shape index (κ2) is 13.5. The minimum absolute atomic E-state index is 0.173. The van der Waals surface area contributed by atoms with Crippen molar-refractivity contribution in [1.82, 2.24) is 0 Å². The number of hydrogen-bond donors (Lipinski definition) is 3. The van der Waals surface area contributed by atoms with E-state index in [1.54, 1.807) is 42.5 Å². The molecule has 0 aliphatic rings. The number of methoxy groups -OCH3 is 1. The Balaban J connectivity index is 0.000000718. The van der Waals surface area contributed by atoms with Crippen molar-refractivity contribution in [1.29, 1.82) is 0 Å². The second-order valence-electron chi connectivity index (χ2n) is 6.24. The molecular formula is C22H22F3NO8. The van der Waals surface area contributed by atoms with Crippen molar-refractivity contribution in [3.63, 3.8) is 0 Å². The van der Waals surface area contributed by atoms with E-state index in [1.165, 1.54) is 19.3 Å². The highest BCUT2D eigenvalue weighted by Crippen LogP contribution is 2.27. The molecule has 0 fully saturated rings. The molecule has 0 spiro atoms. The van der Waals surface area contributed by atoms with Crippen LogP contribution in [0.1, 0.15) is 5.56 Å². The Hall–Kier alpha value is -4.06. The number of carboxylic acid groups (broad SMARTS) is 2. The molecule has 4 N–H and O–H groups in total. The monoisotopic (exact) mass is 485 g/mol. The molecular weight excluding hydrogens is 463 g/mol. The number of alkyl halides is 3. The molecule has 184 valence electrons. The number of ketones is 1. The average Bonchev–Trinajstić information content (AvgIpc) is 2.79. The number of aliphatic carboxylic acids is 2. The molecule has 1 unspecified atom stereocenters. The van der Waals surface area contributed by atoms with E-state index in [-0.39, 0.29) is 5.75 Å². The third-order valence-corrected chi connectivity index (χ3v) is 3.72. The van der Waals surface area contributed by atoms with Crippen molar-refractivity contribution in [3.05, 3.63) is 60.2 Å². The molecule has 9 nitrogen and oxygen atoms in total. The molecule has 34 heavy (non-hydrogen) atoms. The van der Waals surface area contributed by atoms with Crippen LogP contribution in [0.4, 0.5) is 13.2 Å². The summed E-state index contributed by atoms with van der Waals surface area (Å²) in [6.07, 6.45) is -4.11. The molecule has 2 aromatic carbocycles. The first-order chi connectivity index (χ1) is 16.0. The summed E-state index contributed by atoms with van der Waals surface area (Å²) in [5, 5.41) is 16.5. The van der Waals surface area contributed by atoms with E-state index in [0.717, 1.165) is 6.08 Å². The van der Waals surface area contributed by atoms with Gasteiger partial charge in [-0.25, -0.2) is 9.59 Å². The standard InChI is InChI=1S/C20H21NO6.C2HF3O2/c1-25-17-7-2-3-8-18(17)27-19(20(23)24)16(22)10-9-14-5-4-6-15(13-14)26-12-11-21;3-2(4,5)1(6)7/h2-10,13,19H,11-12,21H2,1H3,(H,23,24);(H,6,7). The van der Waals surface area contributed by atoms with Gasteiger partial charge in [0, 0.05) is 6.54 Å². The van der Waals surface area contributed by atoms with E-state index in [0.29, 0.717) is 30.2 Å². The maximum absolute atomic E-state index is 12.3. The van der Waals surface area contributed by atoms with E-state index in [9.17, 15) is 27.9 Å². The fourth-order valence-electron chi connectivity index (χ4n) is 2.22. The molecule has 1 atom stereocenters. The van der Waals surface area contributed by atoms with Gasteiger partial charge in [0.25, 0.3) is 6.10 Å². The molecule has 0 aliphatic carbocycles. The number of para-hydroxylation sites is 2. The molecule has 12 heteroatoms. The third kappa shape index (κ3) is 9.61. The third-order valence-electron chi connectivity index (χ3n) is 3.72. The van der Waals surface area contributed by atoms with Gasteiger partial charge in [0.1, 0.15) is 12.4 Å². The number of hydrogen-bond acceptors (Lipinski definition) is 7. The zero-order chi connectivity index (χ0) is 25.7. The van der Waals surface area contributed by atoms with Crippen molar-refractivity contribution in [2.24, 2.45) is 5.73 Å². The largest absolute Gasteiger partial charge is 0.493 e. The van der Waals surface area contributed by atoms with Gasteiger partial charge in [-0.3, -0.25) is 4.79 Å². The molecule has 0 aromatic heterocycles. The fraction of sp³-hybridized carbons (Fsp3) is 0.227. The van der Waals surface area contributed by atoms with Gasteiger partial charge in [-0.15, -0.1) is 0 Å². The lowest BCUT2D eigenvalue weighted by Gasteiger charge is -2.14. The predicted molar refractivity (Wildman–Crippen MR) is 114 cm³/mol. The fourth-order valence-corrected chi connectivity index (χ4v) is 2.22. The first-order valence-electron chi connectivity index (χ1n) is 9.47. The van der Waals surface area contributed by atoms with Crippen LogP contribution in [-0.4, -0.2) is 60.5 Å². The number of ether oxygens (including phenoxy) is 3. The molecule has 0 radical (unpaired) electrons. The van der Waals surface area contributed by atoms with Gasteiger partial charge in [-0.05, 0) is 35.9 Å². The van der Waals surface area contributed by atoms with Crippen molar-refractivity contribution in [3.8, 4) is 17.2 Å². The highest BCUT2D eigenvalue weighted by Gasteiger charge is 2.38. The Kier molecular flexibility index (Phi) is 11.1. The number of rotatable bonds is 10. The van der Waals surface area contributed by atoms with Crippen LogP contribution < -0.4 is 19.9 Å². The summed E-state index contributed by atoms with van der Waals surface area (Å²) in [6, 6.07) is 13.5. The van der Waals surface area contributed by atoms with Crippen molar-refractivity contribution >= 4 is 23.8 Å². The van der Waals surface area contributed by atoms with Gasteiger partial charge >= 0.3 is 18.1 Å². The summed E-state index contributed by atoms with van der Waals surface area (Å²) < 4.78 is 47.6. The summed E-state index contributed by atoms with van der Waals surface area (Å²) in [5.74, 6) is -3.74. The van der Waals surface area contributed by atoms with Gasteiger partial charge in [0.15, 0.2) is 11.5 Å². The highest BCUT2D eigenvalue weighted by atomic mass is 19.4. The van der Waals surface area contributed by atoms with Crippen LogP contribution in [-0.2, 0) is 14.4 Å². The van der Waals surface area contributed by atoms with E-state index >= 15 is 0 Å². The Labute approximate surface area is 192 Å². The van der Waals surface area contributed by atoms with Crippen LogP contribution in [0.2, 0.25) is 0 Å². The SMILES string of the molecule is COc1ccccc1OC(C(=O)O)C(=O)C=Cc1cccc(OCCN)c1.O=C(O)C(F)(F)F. The van der Waals surface area contributed by atoms with Gasteiger partial charge in [-0.2, -0.15) is 13.2 Å². The molecule has 0 aliphatic heterocycles. The van der Waals surface area contributed by atoms with E-state index in [2.05, 4.69) is 0 Å². The predicted octanol–water partition coefficient (Wildman–Crippen LogP) is 2.78. The number of benzene rings is 2. The summed E-state index contributed by atoms with van der Waals surface area (Å²) in [5.41, 5.74) is 6.08. The summed E-state index contributed by atoms with van der Waals surface area (Å²) in [6.45, 7) is 0.763. The molecule has 0 saturated carbocycles.